The number of aliphatic carboxylic acids is 1. The minimum absolute atomic E-state index is 0.0407. The Bertz CT molecular complexity index is 636. The molecule has 0 heterocycles. The first-order valence-corrected chi connectivity index (χ1v) is 7.49. The third kappa shape index (κ3) is 3.37. The number of nitrogens with zero attached hydrogens (tertiary/aromatic N) is 3. The van der Waals surface area contributed by atoms with Gasteiger partial charge in [0.15, 0.2) is 0 Å². The van der Waals surface area contributed by atoms with E-state index in [0.29, 0.717) is 5.56 Å². The predicted octanol–water partition coefficient (Wildman–Crippen LogP) is 3.88. The fourth-order valence-electron chi connectivity index (χ4n) is 3.52. The summed E-state index contributed by atoms with van der Waals surface area (Å²) in [5.41, 5.74) is 7.97. The number of aryl methyl sites for hydroxylation is 1. The highest BCUT2D eigenvalue weighted by atomic mass is 16.4. The number of carbonyl (C=O) groups is 2. The Balaban J connectivity index is 3.70. The second-order valence-electron chi connectivity index (χ2n) is 6.55. The molecule has 0 radical (unpaired) electrons. The Labute approximate surface area is 136 Å². The van der Waals surface area contributed by atoms with Crippen LogP contribution in [0, 0.1) is 18.3 Å². The van der Waals surface area contributed by atoms with E-state index in [9.17, 15) is 14.7 Å². The van der Waals surface area contributed by atoms with Gasteiger partial charge in [-0.3, -0.25) is 4.79 Å². The molecule has 1 N–H and O–H groups in total. The standard InChI is InChI=1S/C17H23N3O3/c1-12-6-5-7-14(10-12)17(15(22)23,13(2)11-19-20-18)16(3,4)8-9-21/h5-7,9-10,13H,8,11H2,1-4H3,(H,22,23). The number of carbonyl (C=O) groups excluding carboxylic acids is 1. The fraction of sp³-hybridized carbons (Fsp3) is 0.529. The van der Waals surface area contributed by atoms with Crippen LogP contribution in [0.4, 0.5) is 0 Å². The number of carboxylic acids is 1. The van der Waals surface area contributed by atoms with Gasteiger partial charge in [-0.1, -0.05) is 55.7 Å². The van der Waals surface area contributed by atoms with Gasteiger partial charge in [0.05, 0.1) is 0 Å². The van der Waals surface area contributed by atoms with E-state index in [-0.39, 0.29) is 13.0 Å². The summed E-state index contributed by atoms with van der Waals surface area (Å²) in [6.45, 7) is 7.21. The molecule has 2 unspecified atom stereocenters. The number of rotatable bonds is 8. The Morgan fingerprint density at radius 3 is 2.61 bits per heavy atom. The van der Waals surface area contributed by atoms with Gasteiger partial charge in [0.1, 0.15) is 11.7 Å². The average molecular weight is 317 g/mol. The molecule has 23 heavy (non-hydrogen) atoms. The lowest BCUT2D eigenvalue weighted by molar-refractivity contribution is -0.152. The number of hydrogen-bond acceptors (Lipinski definition) is 3. The van der Waals surface area contributed by atoms with Crippen molar-refractivity contribution in [3.8, 4) is 0 Å². The number of azide groups is 1. The summed E-state index contributed by atoms with van der Waals surface area (Å²) in [5.74, 6) is -1.50. The smallest absolute Gasteiger partial charge is 0.314 e. The Kier molecular flexibility index (Phi) is 5.93. The summed E-state index contributed by atoms with van der Waals surface area (Å²) < 4.78 is 0. The van der Waals surface area contributed by atoms with Gasteiger partial charge < -0.3 is 9.90 Å². The molecular weight excluding hydrogens is 294 g/mol. The first-order valence-electron chi connectivity index (χ1n) is 7.49. The van der Waals surface area contributed by atoms with Gasteiger partial charge in [-0.05, 0) is 29.4 Å². The van der Waals surface area contributed by atoms with Crippen LogP contribution < -0.4 is 0 Å². The first-order chi connectivity index (χ1) is 10.7. The molecule has 6 heteroatoms. The molecule has 124 valence electrons. The molecule has 6 nitrogen and oxygen atoms in total. The topological polar surface area (TPSA) is 103 Å². The van der Waals surface area contributed by atoms with E-state index in [2.05, 4.69) is 10.0 Å². The van der Waals surface area contributed by atoms with Gasteiger partial charge in [-0.15, -0.1) is 0 Å². The molecule has 1 aromatic carbocycles. The van der Waals surface area contributed by atoms with Crippen molar-refractivity contribution < 1.29 is 14.7 Å². The molecule has 0 aliphatic carbocycles. The van der Waals surface area contributed by atoms with Crippen molar-refractivity contribution >= 4 is 12.3 Å². The van der Waals surface area contributed by atoms with Gasteiger partial charge in [0, 0.05) is 17.9 Å². The van der Waals surface area contributed by atoms with Crippen molar-refractivity contribution in [2.45, 2.75) is 39.5 Å². The minimum atomic E-state index is -1.34. The van der Waals surface area contributed by atoms with Crippen molar-refractivity contribution in [3.05, 3.63) is 45.8 Å². The van der Waals surface area contributed by atoms with Crippen LogP contribution in [0.15, 0.2) is 29.4 Å². The molecule has 1 rings (SSSR count). The van der Waals surface area contributed by atoms with E-state index in [1.165, 1.54) is 0 Å². The normalized spacial score (nSPS) is 15.1. The molecule has 0 bridgehead atoms. The average Bonchev–Trinajstić information content (AvgIpc) is 2.45. The van der Waals surface area contributed by atoms with Crippen LogP contribution in [0.3, 0.4) is 0 Å². The summed E-state index contributed by atoms with van der Waals surface area (Å²) in [6.07, 6.45) is 0.835. The summed E-state index contributed by atoms with van der Waals surface area (Å²) in [5, 5.41) is 13.7. The van der Waals surface area contributed by atoms with E-state index in [4.69, 9.17) is 5.53 Å². The Morgan fingerprint density at radius 2 is 2.13 bits per heavy atom. The summed E-state index contributed by atoms with van der Waals surface area (Å²) in [6, 6.07) is 7.29. The third-order valence-electron chi connectivity index (χ3n) is 4.63. The molecule has 0 aliphatic heterocycles. The van der Waals surface area contributed by atoms with Crippen molar-refractivity contribution in [2.24, 2.45) is 16.4 Å². The fourth-order valence-corrected chi connectivity index (χ4v) is 3.52. The van der Waals surface area contributed by atoms with Crippen molar-refractivity contribution in [1.82, 2.24) is 0 Å². The highest BCUT2D eigenvalue weighted by Gasteiger charge is 2.55. The second-order valence-corrected chi connectivity index (χ2v) is 6.55. The van der Waals surface area contributed by atoms with Crippen molar-refractivity contribution in [3.63, 3.8) is 0 Å². The largest absolute Gasteiger partial charge is 0.481 e. The van der Waals surface area contributed by atoms with Crippen LogP contribution >= 0.6 is 0 Å². The zero-order chi connectivity index (χ0) is 17.7. The summed E-state index contributed by atoms with van der Waals surface area (Å²) in [7, 11) is 0. The molecule has 0 spiro atoms. The van der Waals surface area contributed by atoms with E-state index in [0.717, 1.165) is 11.8 Å². The van der Waals surface area contributed by atoms with E-state index in [1.54, 1.807) is 32.9 Å². The highest BCUT2D eigenvalue weighted by molar-refractivity contribution is 5.84. The van der Waals surface area contributed by atoms with Gasteiger partial charge in [0.2, 0.25) is 0 Å². The maximum atomic E-state index is 12.4. The second kappa shape index (κ2) is 7.29. The highest BCUT2D eigenvalue weighted by Crippen LogP contribution is 2.49. The molecule has 0 fully saturated rings. The SMILES string of the molecule is Cc1cccc(C(C(=O)O)(C(C)CN=[N+]=[N-])C(C)(C)CC=O)c1. The zero-order valence-corrected chi connectivity index (χ0v) is 14.0. The number of aldehydes is 1. The zero-order valence-electron chi connectivity index (χ0n) is 14.0. The van der Waals surface area contributed by atoms with Crippen LogP contribution in [0.5, 0.6) is 0 Å². The molecule has 0 saturated carbocycles. The molecular formula is C17H23N3O3. The van der Waals surface area contributed by atoms with Gasteiger partial charge in [-0.25, -0.2) is 0 Å². The lowest BCUT2D eigenvalue weighted by Crippen LogP contribution is -2.54. The maximum Gasteiger partial charge on any atom is 0.314 e. The molecule has 2 atom stereocenters. The van der Waals surface area contributed by atoms with E-state index < -0.39 is 22.7 Å². The Morgan fingerprint density at radius 1 is 1.48 bits per heavy atom. The van der Waals surface area contributed by atoms with Crippen molar-refractivity contribution in [2.75, 3.05) is 6.54 Å². The quantitative estimate of drug-likeness (QED) is 0.340. The van der Waals surface area contributed by atoms with Gasteiger partial charge in [0.25, 0.3) is 0 Å². The molecule has 0 amide bonds. The monoisotopic (exact) mass is 317 g/mol. The van der Waals surface area contributed by atoms with E-state index >= 15 is 0 Å². The number of carboxylic acid groups (broad SMARTS) is 1. The van der Waals surface area contributed by atoms with Crippen LogP contribution in [0.1, 0.15) is 38.3 Å². The minimum Gasteiger partial charge on any atom is -0.481 e. The molecule has 1 aromatic rings. The van der Waals surface area contributed by atoms with E-state index in [1.807, 2.05) is 19.1 Å². The van der Waals surface area contributed by atoms with Gasteiger partial charge >= 0.3 is 5.97 Å². The first kappa shape index (κ1) is 18.7. The molecule has 0 saturated heterocycles. The van der Waals surface area contributed by atoms with Crippen molar-refractivity contribution in [1.29, 1.82) is 0 Å². The number of benzene rings is 1. The van der Waals surface area contributed by atoms with Crippen LogP contribution in [0.25, 0.3) is 10.4 Å². The number of hydrogen-bond donors (Lipinski definition) is 1. The van der Waals surface area contributed by atoms with Gasteiger partial charge in [-0.2, -0.15) is 0 Å². The third-order valence-corrected chi connectivity index (χ3v) is 4.63. The lowest BCUT2D eigenvalue weighted by Gasteiger charge is -2.47. The van der Waals surface area contributed by atoms with Crippen LogP contribution in [-0.4, -0.2) is 23.9 Å². The van der Waals surface area contributed by atoms with Crippen LogP contribution in [-0.2, 0) is 15.0 Å². The van der Waals surface area contributed by atoms with Crippen LogP contribution in [0.2, 0.25) is 0 Å². The predicted molar refractivity (Wildman–Crippen MR) is 88.1 cm³/mol. The summed E-state index contributed by atoms with van der Waals surface area (Å²) >= 11 is 0. The molecule has 0 aliphatic rings. The lowest BCUT2D eigenvalue weighted by atomic mass is 9.54. The molecule has 0 aromatic heterocycles. The summed E-state index contributed by atoms with van der Waals surface area (Å²) in [4.78, 5) is 26.3. The Hall–Kier alpha value is -2.33. The maximum absolute atomic E-state index is 12.4.